The smallest absolute Gasteiger partial charge is 0.328 e. The number of benzene rings is 1. The van der Waals surface area contributed by atoms with E-state index in [0.717, 1.165) is 4.47 Å². The van der Waals surface area contributed by atoms with E-state index in [2.05, 4.69) is 55.1 Å². The molecule has 0 radical (unpaired) electrons. The number of halogens is 1. The monoisotopic (exact) mass is 429 g/mol. The maximum Gasteiger partial charge on any atom is 0.328 e. The van der Waals surface area contributed by atoms with E-state index in [1.54, 1.807) is 18.2 Å². The summed E-state index contributed by atoms with van der Waals surface area (Å²) >= 11 is 3.33. The predicted molar refractivity (Wildman–Crippen MR) is 105 cm³/mol. The summed E-state index contributed by atoms with van der Waals surface area (Å²) in [4.78, 5) is 24.4. The summed E-state index contributed by atoms with van der Waals surface area (Å²) in [6.07, 6.45) is 0.374. The Morgan fingerprint density at radius 3 is 2.44 bits per heavy atom. The molecule has 1 rings (SSSR count). The van der Waals surface area contributed by atoms with Crippen LogP contribution in [0.1, 0.15) is 37.6 Å². The molecular formula is C18H28BrNO4Si. The maximum absolute atomic E-state index is 12.4. The highest BCUT2D eigenvalue weighted by Crippen LogP contribution is 2.36. The molecule has 140 valence electrons. The van der Waals surface area contributed by atoms with Gasteiger partial charge in [0, 0.05) is 23.1 Å². The molecule has 0 saturated heterocycles. The number of nitrogens with one attached hydrogen (secondary N) is 1. The molecule has 1 aromatic carbocycles. The van der Waals surface area contributed by atoms with Crippen LogP contribution in [0.5, 0.6) is 0 Å². The van der Waals surface area contributed by atoms with Gasteiger partial charge in [-0.05, 0) is 36.3 Å². The number of amides is 1. The van der Waals surface area contributed by atoms with Crippen LogP contribution in [0, 0.1) is 0 Å². The van der Waals surface area contributed by atoms with E-state index in [-0.39, 0.29) is 10.9 Å². The van der Waals surface area contributed by atoms with Crippen molar-refractivity contribution in [2.45, 2.75) is 51.4 Å². The average Bonchev–Trinajstić information content (AvgIpc) is 2.51. The molecule has 1 amide bonds. The minimum absolute atomic E-state index is 0.0906. The SMILES string of the molecule is COC(=O)[C@@H](CCO[Si](C)(C)C(C)(C)C)NC(=O)c1cccc(Br)c1. The zero-order valence-corrected chi connectivity index (χ0v) is 18.4. The third-order valence-electron chi connectivity index (χ3n) is 4.55. The Bertz CT molecular complexity index is 613. The van der Waals surface area contributed by atoms with Crippen molar-refractivity contribution in [3.05, 3.63) is 34.3 Å². The zero-order valence-electron chi connectivity index (χ0n) is 15.8. The molecule has 0 heterocycles. The van der Waals surface area contributed by atoms with Crippen LogP contribution in [0.15, 0.2) is 28.7 Å². The van der Waals surface area contributed by atoms with Gasteiger partial charge in [-0.2, -0.15) is 0 Å². The first-order valence-corrected chi connectivity index (χ1v) is 12.0. The molecule has 5 nitrogen and oxygen atoms in total. The number of carbonyl (C=O) groups is 2. The largest absolute Gasteiger partial charge is 0.467 e. The molecule has 0 aliphatic rings. The Kier molecular flexibility index (Phi) is 7.83. The van der Waals surface area contributed by atoms with Crippen LogP contribution in [0.25, 0.3) is 0 Å². The van der Waals surface area contributed by atoms with Gasteiger partial charge in [-0.15, -0.1) is 0 Å². The van der Waals surface area contributed by atoms with E-state index < -0.39 is 20.3 Å². The van der Waals surface area contributed by atoms with Crippen LogP contribution in [-0.4, -0.2) is 40.0 Å². The first kappa shape index (κ1) is 21.9. The van der Waals surface area contributed by atoms with Crippen LogP contribution in [0.4, 0.5) is 0 Å². The lowest BCUT2D eigenvalue weighted by molar-refractivity contribution is -0.143. The fraction of sp³-hybridized carbons (Fsp3) is 0.556. The Morgan fingerprint density at radius 1 is 1.28 bits per heavy atom. The van der Waals surface area contributed by atoms with Crippen LogP contribution >= 0.6 is 15.9 Å². The van der Waals surface area contributed by atoms with Gasteiger partial charge in [-0.3, -0.25) is 4.79 Å². The van der Waals surface area contributed by atoms with E-state index >= 15 is 0 Å². The van der Waals surface area contributed by atoms with Gasteiger partial charge in [0.05, 0.1) is 7.11 Å². The zero-order chi connectivity index (χ0) is 19.3. The van der Waals surface area contributed by atoms with Crippen molar-refractivity contribution in [1.82, 2.24) is 5.32 Å². The van der Waals surface area contributed by atoms with E-state index in [0.29, 0.717) is 18.6 Å². The molecule has 0 fully saturated rings. The Hall–Kier alpha value is -1.18. The Balaban J connectivity index is 2.72. The fourth-order valence-electron chi connectivity index (χ4n) is 1.91. The molecule has 1 N–H and O–H groups in total. The molecular weight excluding hydrogens is 402 g/mol. The van der Waals surface area contributed by atoms with Gasteiger partial charge < -0.3 is 14.5 Å². The lowest BCUT2D eigenvalue weighted by Crippen LogP contribution is -2.45. The van der Waals surface area contributed by atoms with Crippen molar-refractivity contribution >= 4 is 36.1 Å². The molecule has 1 atom stereocenters. The summed E-state index contributed by atoms with van der Waals surface area (Å²) < 4.78 is 11.7. The van der Waals surface area contributed by atoms with Crippen LogP contribution in [-0.2, 0) is 14.0 Å². The van der Waals surface area contributed by atoms with Gasteiger partial charge in [0.25, 0.3) is 5.91 Å². The number of carbonyl (C=O) groups excluding carboxylic acids is 2. The molecule has 0 bridgehead atoms. The second kappa shape index (κ2) is 8.96. The third kappa shape index (κ3) is 6.56. The third-order valence-corrected chi connectivity index (χ3v) is 9.58. The number of ether oxygens (including phenoxy) is 1. The highest BCUT2D eigenvalue weighted by Gasteiger charge is 2.37. The van der Waals surface area contributed by atoms with Gasteiger partial charge in [-0.1, -0.05) is 42.8 Å². The Labute approximate surface area is 159 Å². The van der Waals surface area contributed by atoms with Crippen molar-refractivity contribution in [3.8, 4) is 0 Å². The molecule has 0 spiro atoms. The van der Waals surface area contributed by atoms with Crippen molar-refractivity contribution in [2.24, 2.45) is 0 Å². The predicted octanol–water partition coefficient (Wildman–Crippen LogP) is 4.13. The highest BCUT2D eigenvalue weighted by molar-refractivity contribution is 9.10. The quantitative estimate of drug-likeness (QED) is 0.522. The topological polar surface area (TPSA) is 64.6 Å². The van der Waals surface area contributed by atoms with Gasteiger partial charge in [0.1, 0.15) is 6.04 Å². The van der Waals surface area contributed by atoms with Crippen molar-refractivity contribution in [2.75, 3.05) is 13.7 Å². The summed E-state index contributed by atoms with van der Waals surface area (Å²) in [5, 5.41) is 2.83. The number of esters is 1. The van der Waals surface area contributed by atoms with Crippen molar-refractivity contribution < 1.29 is 18.8 Å². The molecule has 0 unspecified atom stereocenters. The number of hydrogen-bond donors (Lipinski definition) is 1. The molecule has 1 aromatic rings. The van der Waals surface area contributed by atoms with Gasteiger partial charge in [-0.25, -0.2) is 4.79 Å². The number of hydrogen-bond acceptors (Lipinski definition) is 4. The first-order valence-electron chi connectivity index (χ1n) is 8.26. The summed E-state index contributed by atoms with van der Waals surface area (Å²) in [7, 11) is -0.584. The van der Waals surface area contributed by atoms with Gasteiger partial charge in [0.15, 0.2) is 8.32 Å². The minimum Gasteiger partial charge on any atom is -0.467 e. The lowest BCUT2D eigenvalue weighted by atomic mass is 10.1. The lowest BCUT2D eigenvalue weighted by Gasteiger charge is -2.36. The summed E-state index contributed by atoms with van der Waals surface area (Å²) in [5.41, 5.74) is 0.480. The molecule has 0 saturated carbocycles. The normalized spacial score (nSPS) is 13.2. The van der Waals surface area contributed by atoms with E-state index in [9.17, 15) is 9.59 Å². The fourth-order valence-corrected chi connectivity index (χ4v) is 3.37. The molecule has 7 heteroatoms. The second-order valence-electron chi connectivity index (χ2n) is 7.46. The minimum atomic E-state index is -1.90. The van der Waals surface area contributed by atoms with Gasteiger partial charge >= 0.3 is 5.97 Å². The summed E-state index contributed by atoms with van der Waals surface area (Å²) in [6.45, 7) is 11.2. The summed E-state index contributed by atoms with van der Waals surface area (Å²) in [6, 6.07) is 6.27. The standard InChI is InChI=1S/C18H28BrNO4Si/c1-18(2,3)25(5,6)24-11-10-15(17(22)23-4)20-16(21)13-8-7-9-14(19)12-13/h7-9,12,15H,10-11H2,1-6H3,(H,20,21)/t15-/m1/s1. The van der Waals surface area contributed by atoms with Gasteiger partial charge in [0.2, 0.25) is 0 Å². The first-order chi connectivity index (χ1) is 11.5. The average molecular weight is 430 g/mol. The molecule has 25 heavy (non-hydrogen) atoms. The van der Waals surface area contributed by atoms with E-state index in [1.165, 1.54) is 7.11 Å². The number of methoxy groups -OCH3 is 1. The van der Waals surface area contributed by atoms with Crippen molar-refractivity contribution in [3.63, 3.8) is 0 Å². The van der Waals surface area contributed by atoms with Crippen LogP contribution < -0.4 is 5.32 Å². The Morgan fingerprint density at radius 2 is 1.92 bits per heavy atom. The highest BCUT2D eigenvalue weighted by atomic mass is 79.9. The van der Waals surface area contributed by atoms with Crippen LogP contribution in [0.2, 0.25) is 18.1 Å². The summed E-state index contributed by atoms with van der Waals surface area (Å²) in [5.74, 6) is -0.786. The van der Waals surface area contributed by atoms with E-state index in [1.807, 2.05) is 6.07 Å². The molecule has 0 aromatic heterocycles. The van der Waals surface area contributed by atoms with Crippen LogP contribution in [0.3, 0.4) is 0 Å². The molecule has 0 aliphatic heterocycles. The number of rotatable bonds is 7. The van der Waals surface area contributed by atoms with E-state index in [4.69, 9.17) is 9.16 Å². The molecule has 0 aliphatic carbocycles. The second-order valence-corrected chi connectivity index (χ2v) is 13.2. The maximum atomic E-state index is 12.4. The van der Waals surface area contributed by atoms with Crippen molar-refractivity contribution in [1.29, 1.82) is 0 Å².